The zero-order chi connectivity index (χ0) is 23.8. The summed E-state index contributed by atoms with van der Waals surface area (Å²) >= 11 is 0. The van der Waals surface area contributed by atoms with Gasteiger partial charge >= 0.3 is 0 Å². The van der Waals surface area contributed by atoms with Crippen LogP contribution in [-0.2, 0) is 16.1 Å². The largest absolute Gasteiger partial charge is 0.356 e. The molecule has 178 valence electrons. The van der Waals surface area contributed by atoms with Gasteiger partial charge in [-0.05, 0) is 30.2 Å². The Hall–Kier alpha value is -1.84. The number of hydrogen-bond acceptors (Lipinski definition) is 2. The van der Waals surface area contributed by atoms with Gasteiger partial charge in [-0.25, -0.2) is 0 Å². The molecule has 1 aromatic rings. The number of hydrogen-bond donors (Lipinski definition) is 1. The van der Waals surface area contributed by atoms with Gasteiger partial charge in [0.25, 0.3) is 0 Å². The fraction of sp³-hybridized carbons (Fsp3) is 0.704. The molecule has 0 heterocycles. The standard InChI is InChI=1S/C17H27NO.C10H21NO/c1-5-14(3)12-18(17(19)15(4)6-2)13-16-10-8-7-9-11-16;1-5-8(3)7-11-10(12)9(4)6-2/h7-11,14-15H,5-6,12-13H2,1-4H3;8-9H,5-7H2,1-4H3,(H,11,12). The fourth-order valence-electron chi connectivity index (χ4n) is 2.81. The van der Waals surface area contributed by atoms with Gasteiger partial charge in [-0.2, -0.15) is 0 Å². The van der Waals surface area contributed by atoms with E-state index in [0.29, 0.717) is 11.8 Å². The third kappa shape index (κ3) is 12.6. The Morgan fingerprint density at radius 1 is 0.806 bits per heavy atom. The highest BCUT2D eigenvalue weighted by atomic mass is 16.2. The molecule has 0 aromatic heterocycles. The Morgan fingerprint density at radius 3 is 1.84 bits per heavy atom. The van der Waals surface area contributed by atoms with Crippen molar-refractivity contribution in [3.05, 3.63) is 35.9 Å². The molecule has 1 rings (SSSR count). The highest BCUT2D eigenvalue weighted by molar-refractivity contribution is 5.78. The quantitative estimate of drug-likeness (QED) is 0.421. The molecule has 0 bridgehead atoms. The van der Waals surface area contributed by atoms with Crippen LogP contribution in [0.1, 0.15) is 86.6 Å². The Bertz CT molecular complexity index is 603. The molecule has 2 amide bonds. The van der Waals surface area contributed by atoms with Crippen molar-refractivity contribution >= 4 is 11.8 Å². The summed E-state index contributed by atoms with van der Waals surface area (Å²) in [5.41, 5.74) is 1.21. The van der Waals surface area contributed by atoms with E-state index < -0.39 is 0 Å². The molecule has 0 spiro atoms. The third-order valence-corrected chi connectivity index (χ3v) is 6.17. The molecule has 31 heavy (non-hydrogen) atoms. The monoisotopic (exact) mass is 432 g/mol. The smallest absolute Gasteiger partial charge is 0.225 e. The number of amides is 2. The van der Waals surface area contributed by atoms with Crippen molar-refractivity contribution in [3.63, 3.8) is 0 Å². The Kier molecular flexibility index (Phi) is 15.8. The lowest BCUT2D eigenvalue weighted by Gasteiger charge is -2.28. The first-order chi connectivity index (χ1) is 14.7. The molecule has 0 aliphatic carbocycles. The lowest BCUT2D eigenvalue weighted by molar-refractivity contribution is -0.136. The van der Waals surface area contributed by atoms with Gasteiger partial charge in [0.15, 0.2) is 0 Å². The van der Waals surface area contributed by atoms with Gasteiger partial charge < -0.3 is 10.2 Å². The van der Waals surface area contributed by atoms with Gasteiger partial charge in [-0.1, -0.05) is 98.6 Å². The average Bonchev–Trinajstić information content (AvgIpc) is 2.80. The van der Waals surface area contributed by atoms with Crippen LogP contribution in [0.2, 0.25) is 0 Å². The molecule has 1 N–H and O–H groups in total. The molecular formula is C27H48N2O2. The van der Waals surface area contributed by atoms with E-state index in [1.165, 1.54) is 5.56 Å². The third-order valence-electron chi connectivity index (χ3n) is 6.17. The first kappa shape index (κ1) is 29.2. The van der Waals surface area contributed by atoms with Crippen LogP contribution >= 0.6 is 0 Å². The average molecular weight is 433 g/mol. The summed E-state index contributed by atoms with van der Waals surface area (Å²) in [4.78, 5) is 25.8. The normalized spacial score (nSPS) is 14.5. The van der Waals surface area contributed by atoms with Gasteiger partial charge in [0.1, 0.15) is 0 Å². The molecule has 0 radical (unpaired) electrons. The number of nitrogens with zero attached hydrogens (tertiary/aromatic N) is 1. The minimum absolute atomic E-state index is 0.118. The van der Waals surface area contributed by atoms with Crippen molar-refractivity contribution in [2.45, 2.75) is 87.6 Å². The minimum Gasteiger partial charge on any atom is -0.356 e. The SMILES string of the molecule is CCC(C)CN(Cc1ccccc1)C(=O)C(C)CC.CCC(C)CNC(=O)C(C)CC. The van der Waals surface area contributed by atoms with Crippen LogP contribution in [0.15, 0.2) is 30.3 Å². The van der Waals surface area contributed by atoms with Crippen LogP contribution in [0, 0.1) is 23.7 Å². The van der Waals surface area contributed by atoms with Crippen LogP contribution in [0.3, 0.4) is 0 Å². The maximum atomic E-state index is 12.5. The molecule has 4 nitrogen and oxygen atoms in total. The lowest BCUT2D eigenvalue weighted by Crippen LogP contribution is -2.37. The number of carbonyl (C=O) groups is 2. The molecule has 0 saturated carbocycles. The Labute approximate surface area is 192 Å². The highest BCUT2D eigenvalue weighted by Crippen LogP contribution is 2.14. The van der Waals surface area contributed by atoms with Gasteiger partial charge in [0.2, 0.25) is 11.8 Å². The van der Waals surface area contributed by atoms with Gasteiger partial charge in [-0.15, -0.1) is 0 Å². The van der Waals surface area contributed by atoms with E-state index in [4.69, 9.17) is 0 Å². The van der Waals surface area contributed by atoms with E-state index in [9.17, 15) is 9.59 Å². The second-order valence-corrected chi connectivity index (χ2v) is 9.09. The molecule has 0 fully saturated rings. The predicted molar refractivity (Wildman–Crippen MR) is 133 cm³/mol. The first-order valence-electron chi connectivity index (χ1n) is 12.3. The number of benzene rings is 1. The van der Waals surface area contributed by atoms with Gasteiger partial charge in [0, 0.05) is 31.5 Å². The summed E-state index contributed by atoms with van der Waals surface area (Å²) in [5, 5.41) is 2.95. The van der Waals surface area contributed by atoms with Crippen LogP contribution in [0.4, 0.5) is 0 Å². The van der Waals surface area contributed by atoms with E-state index in [1.54, 1.807) is 0 Å². The summed E-state index contributed by atoms with van der Waals surface area (Å²) in [6.07, 6.45) is 4.07. The molecule has 0 aliphatic heterocycles. The van der Waals surface area contributed by atoms with E-state index >= 15 is 0 Å². The topological polar surface area (TPSA) is 49.4 Å². The second-order valence-electron chi connectivity index (χ2n) is 9.09. The number of rotatable bonds is 12. The summed E-state index contributed by atoms with van der Waals surface area (Å²) in [6.45, 7) is 19.2. The first-order valence-corrected chi connectivity index (χ1v) is 12.3. The van der Waals surface area contributed by atoms with Crippen LogP contribution in [0.5, 0.6) is 0 Å². The van der Waals surface area contributed by atoms with Crippen molar-refractivity contribution in [2.24, 2.45) is 23.7 Å². The molecule has 4 atom stereocenters. The zero-order valence-corrected chi connectivity index (χ0v) is 21.4. The van der Waals surface area contributed by atoms with Crippen molar-refractivity contribution in [1.82, 2.24) is 10.2 Å². The fourth-order valence-corrected chi connectivity index (χ4v) is 2.81. The van der Waals surface area contributed by atoms with Crippen LogP contribution in [-0.4, -0.2) is 29.8 Å². The van der Waals surface area contributed by atoms with Crippen molar-refractivity contribution in [1.29, 1.82) is 0 Å². The number of carbonyl (C=O) groups excluding carboxylic acids is 2. The predicted octanol–water partition coefficient (Wildman–Crippen LogP) is 6.30. The molecule has 4 unspecified atom stereocenters. The highest BCUT2D eigenvalue weighted by Gasteiger charge is 2.20. The molecular weight excluding hydrogens is 384 g/mol. The molecule has 0 saturated heterocycles. The number of nitrogens with one attached hydrogen (secondary N) is 1. The minimum atomic E-state index is 0.118. The lowest BCUT2D eigenvalue weighted by atomic mass is 10.0. The second kappa shape index (κ2) is 16.8. The maximum absolute atomic E-state index is 12.5. The summed E-state index contributed by atoms with van der Waals surface area (Å²) in [7, 11) is 0. The van der Waals surface area contributed by atoms with Crippen LogP contribution in [0.25, 0.3) is 0 Å². The van der Waals surface area contributed by atoms with E-state index in [1.807, 2.05) is 43.9 Å². The molecule has 4 heteroatoms. The zero-order valence-electron chi connectivity index (χ0n) is 21.4. The van der Waals surface area contributed by atoms with E-state index in [-0.39, 0.29) is 23.7 Å². The Morgan fingerprint density at radius 2 is 1.35 bits per heavy atom. The van der Waals surface area contributed by atoms with Crippen LogP contribution < -0.4 is 5.32 Å². The van der Waals surface area contributed by atoms with E-state index in [0.717, 1.165) is 45.3 Å². The molecule has 0 aliphatic rings. The van der Waals surface area contributed by atoms with E-state index in [2.05, 4.69) is 52.1 Å². The maximum Gasteiger partial charge on any atom is 0.225 e. The van der Waals surface area contributed by atoms with Gasteiger partial charge in [-0.3, -0.25) is 9.59 Å². The summed E-state index contributed by atoms with van der Waals surface area (Å²) in [5.74, 6) is 1.90. The summed E-state index contributed by atoms with van der Waals surface area (Å²) < 4.78 is 0. The van der Waals surface area contributed by atoms with Crippen molar-refractivity contribution in [3.8, 4) is 0 Å². The van der Waals surface area contributed by atoms with Gasteiger partial charge in [0.05, 0.1) is 0 Å². The van der Waals surface area contributed by atoms with Crippen molar-refractivity contribution in [2.75, 3.05) is 13.1 Å². The summed E-state index contributed by atoms with van der Waals surface area (Å²) in [6, 6.07) is 10.3. The molecule has 1 aromatic carbocycles. The van der Waals surface area contributed by atoms with Crippen molar-refractivity contribution < 1.29 is 9.59 Å². The Balaban J connectivity index is 0.000000649.